The highest BCUT2D eigenvalue weighted by Gasteiger charge is 2.26. The lowest BCUT2D eigenvalue weighted by molar-refractivity contribution is 0.464. The molecular formula is C23H24N4S2. The highest BCUT2D eigenvalue weighted by Crippen LogP contribution is 2.42. The Morgan fingerprint density at radius 3 is 2.93 bits per heavy atom. The fourth-order valence-electron chi connectivity index (χ4n) is 4.54. The number of aliphatic imine (C=N–C) groups is 1. The zero-order valence-corrected chi connectivity index (χ0v) is 18.3. The van der Waals surface area contributed by atoms with E-state index in [0.29, 0.717) is 0 Å². The van der Waals surface area contributed by atoms with Crippen molar-refractivity contribution in [2.45, 2.75) is 45.6 Å². The molecule has 5 rings (SSSR count). The van der Waals surface area contributed by atoms with Crippen molar-refractivity contribution in [2.75, 3.05) is 0 Å². The van der Waals surface area contributed by atoms with Crippen LogP contribution in [-0.2, 0) is 19.3 Å². The first-order valence-corrected chi connectivity index (χ1v) is 11.7. The normalized spacial score (nSPS) is 20.5. The summed E-state index contributed by atoms with van der Waals surface area (Å²) in [5.41, 5.74) is 5.35. The van der Waals surface area contributed by atoms with E-state index in [1.54, 1.807) is 17.5 Å². The van der Waals surface area contributed by atoms with Gasteiger partial charge in [0.15, 0.2) is 0 Å². The molecule has 3 aromatic heterocycles. The highest BCUT2D eigenvalue weighted by atomic mass is 32.1. The van der Waals surface area contributed by atoms with Gasteiger partial charge in [-0.15, -0.1) is 22.7 Å². The molecule has 1 unspecified atom stereocenters. The smallest absolute Gasteiger partial charge is 0.116 e. The Labute approximate surface area is 179 Å². The van der Waals surface area contributed by atoms with E-state index in [2.05, 4.69) is 46.3 Å². The van der Waals surface area contributed by atoms with E-state index in [1.165, 1.54) is 50.6 Å². The summed E-state index contributed by atoms with van der Waals surface area (Å²) in [6.07, 6.45) is 14.1. The first-order valence-electron chi connectivity index (χ1n) is 10.1. The van der Waals surface area contributed by atoms with Gasteiger partial charge in [-0.3, -0.25) is 0 Å². The second-order valence-corrected chi connectivity index (χ2v) is 10.5. The Morgan fingerprint density at radius 1 is 1.21 bits per heavy atom. The average molecular weight is 421 g/mol. The largest absolute Gasteiger partial charge is 0.366 e. The minimum atomic E-state index is 0.255. The van der Waals surface area contributed by atoms with E-state index in [0.717, 1.165) is 18.0 Å². The molecule has 0 radical (unpaired) electrons. The molecule has 2 atom stereocenters. The molecule has 0 saturated heterocycles. The van der Waals surface area contributed by atoms with Crippen LogP contribution in [0.15, 0.2) is 41.9 Å². The lowest BCUT2D eigenvalue weighted by atomic mass is 9.84. The van der Waals surface area contributed by atoms with Gasteiger partial charge in [-0.1, -0.05) is 0 Å². The number of hydrogen-bond acceptors (Lipinski definition) is 6. The number of aryl methyl sites for hydroxylation is 2. The van der Waals surface area contributed by atoms with Crippen LogP contribution in [0.5, 0.6) is 0 Å². The maximum absolute atomic E-state index is 4.51. The summed E-state index contributed by atoms with van der Waals surface area (Å²) in [6, 6.07) is 4.70. The van der Waals surface area contributed by atoms with Crippen molar-refractivity contribution in [1.82, 2.24) is 15.3 Å². The standard InChI is InChI=1S/C23H24N4S2/c1-14-19(20-5-7-24-12-26-20)11-17(28-14)9-16-3-4-18-22(10-16)29-15(2)23(18)21-6-8-25-13-27-21/h5-8,11-13,16,20H,3-4,9-10H2,1-2H3,(H,24,26)/t16?,20-/m0/s1. The number of rotatable bonds is 4. The molecule has 0 spiro atoms. The Balaban J connectivity index is 1.34. The number of thiophene rings is 2. The molecule has 2 aliphatic rings. The van der Waals surface area contributed by atoms with Crippen molar-refractivity contribution >= 4 is 29.0 Å². The fraction of sp³-hybridized carbons (Fsp3) is 0.348. The SMILES string of the molecule is Cc1sc(CC2CCc3c(sc(C)c3-c3ccncn3)C2)cc1[C@@H]1C=CN=CN1. The van der Waals surface area contributed by atoms with Gasteiger partial charge in [0.25, 0.3) is 0 Å². The zero-order valence-electron chi connectivity index (χ0n) is 16.7. The van der Waals surface area contributed by atoms with Gasteiger partial charge in [0.1, 0.15) is 6.33 Å². The molecule has 0 bridgehead atoms. The molecule has 1 aliphatic carbocycles. The molecule has 4 nitrogen and oxygen atoms in total. The maximum Gasteiger partial charge on any atom is 0.116 e. The van der Waals surface area contributed by atoms with Crippen LogP contribution in [0.2, 0.25) is 0 Å². The van der Waals surface area contributed by atoms with Gasteiger partial charge in [0, 0.05) is 37.5 Å². The topological polar surface area (TPSA) is 50.2 Å². The summed E-state index contributed by atoms with van der Waals surface area (Å²) >= 11 is 3.92. The zero-order chi connectivity index (χ0) is 19.8. The van der Waals surface area contributed by atoms with E-state index in [1.807, 2.05) is 41.1 Å². The summed E-state index contributed by atoms with van der Waals surface area (Å²) in [5, 5.41) is 3.35. The molecule has 0 saturated carbocycles. The second kappa shape index (κ2) is 7.84. The number of nitrogens with zero attached hydrogens (tertiary/aromatic N) is 3. The van der Waals surface area contributed by atoms with E-state index in [-0.39, 0.29) is 6.04 Å². The fourth-order valence-corrected chi connectivity index (χ4v) is 7.09. The van der Waals surface area contributed by atoms with Crippen LogP contribution in [0.4, 0.5) is 0 Å². The number of nitrogens with one attached hydrogen (secondary N) is 1. The third kappa shape index (κ3) is 3.67. The molecule has 1 aliphatic heterocycles. The van der Waals surface area contributed by atoms with Crippen molar-refractivity contribution in [3.05, 3.63) is 67.6 Å². The van der Waals surface area contributed by atoms with Gasteiger partial charge < -0.3 is 5.32 Å². The van der Waals surface area contributed by atoms with Gasteiger partial charge in [0.05, 0.1) is 18.1 Å². The van der Waals surface area contributed by atoms with Gasteiger partial charge in [-0.05, 0) is 74.8 Å². The van der Waals surface area contributed by atoms with Crippen LogP contribution in [-0.4, -0.2) is 16.3 Å². The van der Waals surface area contributed by atoms with E-state index >= 15 is 0 Å². The molecule has 1 N–H and O–H groups in total. The van der Waals surface area contributed by atoms with Gasteiger partial charge >= 0.3 is 0 Å². The molecular weight excluding hydrogens is 396 g/mol. The first kappa shape index (κ1) is 18.7. The highest BCUT2D eigenvalue weighted by molar-refractivity contribution is 7.12. The van der Waals surface area contributed by atoms with E-state index in [4.69, 9.17) is 0 Å². The van der Waals surface area contributed by atoms with E-state index in [9.17, 15) is 0 Å². The van der Waals surface area contributed by atoms with Crippen LogP contribution in [0.25, 0.3) is 11.3 Å². The number of aromatic nitrogens is 2. The second-order valence-electron chi connectivity index (χ2n) is 7.83. The van der Waals surface area contributed by atoms with Crippen molar-refractivity contribution < 1.29 is 0 Å². The number of hydrogen-bond donors (Lipinski definition) is 1. The summed E-state index contributed by atoms with van der Waals surface area (Å²) in [4.78, 5) is 18.6. The molecule has 3 aromatic rings. The molecule has 6 heteroatoms. The van der Waals surface area contributed by atoms with Crippen molar-refractivity contribution in [1.29, 1.82) is 0 Å². The van der Waals surface area contributed by atoms with E-state index < -0.39 is 0 Å². The Bertz CT molecular complexity index is 1080. The number of fused-ring (bicyclic) bond motifs is 1. The summed E-state index contributed by atoms with van der Waals surface area (Å²) in [5.74, 6) is 0.723. The van der Waals surface area contributed by atoms with Crippen LogP contribution in [0.1, 0.15) is 43.1 Å². The quantitative estimate of drug-likeness (QED) is 0.613. The minimum absolute atomic E-state index is 0.255. The average Bonchev–Trinajstić information content (AvgIpc) is 3.27. The molecule has 148 valence electrons. The molecule has 0 aromatic carbocycles. The van der Waals surface area contributed by atoms with Gasteiger partial charge in [0.2, 0.25) is 0 Å². The van der Waals surface area contributed by atoms with Crippen LogP contribution < -0.4 is 5.32 Å². The summed E-state index contributed by atoms with van der Waals surface area (Å²) in [7, 11) is 0. The maximum atomic E-state index is 4.51. The predicted octanol–water partition coefficient (Wildman–Crippen LogP) is 5.42. The third-order valence-corrected chi connectivity index (χ3v) is 8.17. The summed E-state index contributed by atoms with van der Waals surface area (Å²) in [6.45, 7) is 4.47. The van der Waals surface area contributed by atoms with Crippen molar-refractivity contribution in [2.24, 2.45) is 10.9 Å². The van der Waals surface area contributed by atoms with Crippen LogP contribution >= 0.6 is 22.7 Å². The van der Waals surface area contributed by atoms with Gasteiger partial charge in [-0.2, -0.15) is 0 Å². The third-order valence-electron chi connectivity index (χ3n) is 5.91. The molecule has 29 heavy (non-hydrogen) atoms. The first-order chi connectivity index (χ1) is 14.2. The lowest BCUT2D eigenvalue weighted by Crippen LogP contribution is -2.19. The predicted molar refractivity (Wildman–Crippen MR) is 122 cm³/mol. The lowest BCUT2D eigenvalue weighted by Gasteiger charge is -2.22. The molecule has 0 amide bonds. The van der Waals surface area contributed by atoms with Crippen molar-refractivity contribution in [3.8, 4) is 11.3 Å². The summed E-state index contributed by atoms with van der Waals surface area (Å²) < 4.78 is 0. The Kier molecular flexibility index (Phi) is 5.06. The monoisotopic (exact) mass is 420 g/mol. The van der Waals surface area contributed by atoms with Gasteiger partial charge in [-0.25, -0.2) is 15.0 Å². The van der Waals surface area contributed by atoms with Crippen molar-refractivity contribution in [3.63, 3.8) is 0 Å². The Morgan fingerprint density at radius 2 is 2.14 bits per heavy atom. The molecule has 4 heterocycles. The molecule has 0 fully saturated rings. The van der Waals surface area contributed by atoms with Crippen LogP contribution in [0, 0.1) is 19.8 Å². The van der Waals surface area contributed by atoms with Crippen LogP contribution in [0.3, 0.4) is 0 Å². The Hall–Kier alpha value is -2.31. The minimum Gasteiger partial charge on any atom is -0.366 e.